The molecular formula is C12H26N2O2S. The van der Waals surface area contributed by atoms with Crippen LogP contribution in [0, 0.1) is 11.8 Å². The predicted octanol–water partition coefficient (Wildman–Crippen LogP) is 1.29. The highest BCUT2D eigenvalue weighted by molar-refractivity contribution is 7.89. The van der Waals surface area contributed by atoms with Crippen LogP contribution in [0.1, 0.15) is 33.1 Å². The molecule has 0 radical (unpaired) electrons. The summed E-state index contributed by atoms with van der Waals surface area (Å²) in [7, 11) is -1.16. The van der Waals surface area contributed by atoms with Crippen LogP contribution < -0.4 is 5.32 Å². The maximum atomic E-state index is 12.0. The van der Waals surface area contributed by atoms with Crippen molar-refractivity contribution in [2.75, 3.05) is 32.4 Å². The Morgan fingerprint density at radius 2 is 1.88 bits per heavy atom. The molecule has 1 rings (SSSR count). The number of sulfonamides is 1. The minimum atomic E-state index is -3.01. The van der Waals surface area contributed by atoms with E-state index in [9.17, 15) is 8.42 Å². The first-order chi connectivity index (χ1) is 7.97. The molecule has 0 saturated carbocycles. The molecule has 0 amide bonds. The highest BCUT2D eigenvalue weighted by atomic mass is 32.2. The zero-order valence-electron chi connectivity index (χ0n) is 11.3. The summed E-state index contributed by atoms with van der Waals surface area (Å²) in [5, 5.41) is 2.98. The molecule has 0 aromatic rings. The van der Waals surface area contributed by atoms with Gasteiger partial charge in [-0.1, -0.05) is 13.8 Å². The van der Waals surface area contributed by atoms with Gasteiger partial charge in [-0.2, -0.15) is 0 Å². The van der Waals surface area contributed by atoms with Crippen LogP contribution in [0.5, 0.6) is 0 Å². The number of piperidine rings is 1. The second-order valence-electron chi connectivity index (χ2n) is 5.25. The summed E-state index contributed by atoms with van der Waals surface area (Å²) in [5.41, 5.74) is 0. The van der Waals surface area contributed by atoms with Gasteiger partial charge in [-0.25, -0.2) is 12.7 Å². The van der Waals surface area contributed by atoms with Crippen LogP contribution in [0.15, 0.2) is 0 Å². The van der Waals surface area contributed by atoms with Gasteiger partial charge in [0.25, 0.3) is 0 Å². The molecule has 0 spiro atoms. The van der Waals surface area contributed by atoms with Crippen LogP contribution in [0.3, 0.4) is 0 Å². The Morgan fingerprint density at radius 3 is 2.35 bits per heavy atom. The molecule has 4 nitrogen and oxygen atoms in total. The van der Waals surface area contributed by atoms with E-state index in [1.165, 1.54) is 0 Å². The van der Waals surface area contributed by atoms with E-state index in [-0.39, 0.29) is 5.75 Å². The minimum Gasteiger partial charge on any atom is -0.320 e. The molecule has 0 atom stereocenters. The van der Waals surface area contributed by atoms with Crippen molar-refractivity contribution < 1.29 is 8.42 Å². The average Bonchev–Trinajstić information content (AvgIpc) is 2.29. The van der Waals surface area contributed by atoms with E-state index < -0.39 is 10.0 Å². The zero-order chi connectivity index (χ0) is 12.9. The monoisotopic (exact) mass is 262 g/mol. The van der Waals surface area contributed by atoms with Gasteiger partial charge in [0.05, 0.1) is 5.75 Å². The van der Waals surface area contributed by atoms with Gasteiger partial charge in [0, 0.05) is 13.1 Å². The molecule has 102 valence electrons. The van der Waals surface area contributed by atoms with E-state index in [0.29, 0.717) is 31.3 Å². The van der Waals surface area contributed by atoms with Crippen molar-refractivity contribution in [1.29, 1.82) is 0 Å². The molecule has 1 aliphatic rings. The van der Waals surface area contributed by atoms with Crippen molar-refractivity contribution >= 4 is 10.0 Å². The first-order valence-electron chi connectivity index (χ1n) is 6.60. The summed E-state index contributed by atoms with van der Waals surface area (Å²) in [6.45, 7) is 6.64. The summed E-state index contributed by atoms with van der Waals surface area (Å²) >= 11 is 0. The number of hydrogen-bond donors (Lipinski definition) is 1. The van der Waals surface area contributed by atoms with Crippen molar-refractivity contribution in [3.05, 3.63) is 0 Å². The number of nitrogens with one attached hydrogen (secondary N) is 1. The summed E-state index contributed by atoms with van der Waals surface area (Å²) in [6.07, 6.45) is 2.73. The third-order valence-corrected chi connectivity index (χ3v) is 5.62. The molecule has 0 aromatic heterocycles. The third kappa shape index (κ3) is 4.56. The second-order valence-corrected chi connectivity index (χ2v) is 7.34. The summed E-state index contributed by atoms with van der Waals surface area (Å²) < 4.78 is 25.8. The van der Waals surface area contributed by atoms with Crippen LogP contribution in [0.4, 0.5) is 0 Å². The maximum absolute atomic E-state index is 12.0. The molecule has 0 aliphatic carbocycles. The fourth-order valence-electron chi connectivity index (χ4n) is 2.38. The standard InChI is InChI=1S/C12H26N2O2S/c1-11(2)12-5-8-14(9-6-12)17(15,16)10-4-7-13-3/h11-13H,4-10H2,1-3H3. The lowest BCUT2D eigenvalue weighted by molar-refractivity contribution is 0.226. The van der Waals surface area contributed by atoms with Crippen molar-refractivity contribution in [2.24, 2.45) is 11.8 Å². The number of hydrogen-bond acceptors (Lipinski definition) is 3. The molecule has 0 unspecified atom stereocenters. The minimum absolute atomic E-state index is 0.278. The highest BCUT2D eigenvalue weighted by Crippen LogP contribution is 2.25. The van der Waals surface area contributed by atoms with Gasteiger partial charge in [0.2, 0.25) is 10.0 Å². The fourth-order valence-corrected chi connectivity index (χ4v) is 3.92. The predicted molar refractivity (Wildman–Crippen MR) is 71.5 cm³/mol. The van der Waals surface area contributed by atoms with E-state index in [1.54, 1.807) is 4.31 Å². The SMILES string of the molecule is CNCCCS(=O)(=O)N1CCC(C(C)C)CC1. The van der Waals surface area contributed by atoms with Crippen molar-refractivity contribution in [2.45, 2.75) is 33.1 Å². The van der Waals surface area contributed by atoms with E-state index >= 15 is 0 Å². The van der Waals surface area contributed by atoms with Crippen LogP contribution in [0.2, 0.25) is 0 Å². The molecule has 1 heterocycles. The van der Waals surface area contributed by atoms with Crippen LogP contribution in [-0.4, -0.2) is 45.2 Å². The lowest BCUT2D eigenvalue weighted by Crippen LogP contribution is -2.40. The third-order valence-electron chi connectivity index (χ3n) is 3.66. The molecule has 1 saturated heterocycles. The first kappa shape index (κ1) is 14.9. The Morgan fingerprint density at radius 1 is 1.29 bits per heavy atom. The molecule has 1 N–H and O–H groups in total. The molecule has 1 aliphatic heterocycles. The Hall–Kier alpha value is -0.130. The molecule has 17 heavy (non-hydrogen) atoms. The number of rotatable bonds is 6. The van der Waals surface area contributed by atoms with E-state index in [4.69, 9.17) is 0 Å². The summed E-state index contributed by atoms with van der Waals surface area (Å²) in [5.74, 6) is 1.64. The average molecular weight is 262 g/mol. The first-order valence-corrected chi connectivity index (χ1v) is 8.20. The Bertz CT molecular complexity index is 306. The van der Waals surface area contributed by atoms with Gasteiger partial charge in [-0.05, 0) is 44.7 Å². The van der Waals surface area contributed by atoms with E-state index in [2.05, 4.69) is 19.2 Å². The smallest absolute Gasteiger partial charge is 0.214 e. The van der Waals surface area contributed by atoms with Gasteiger partial charge in [0.1, 0.15) is 0 Å². The summed E-state index contributed by atoms with van der Waals surface area (Å²) in [6, 6.07) is 0. The summed E-state index contributed by atoms with van der Waals surface area (Å²) in [4.78, 5) is 0. The van der Waals surface area contributed by atoms with E-state index in [1.807, 2.05) is 7.05 Å². The lowest BCUT2D eigenvalue weighted by atomic mass is 9.87. The molecule has 5 heteroatoms. The van der Waals surface area contributed by atoms with Crippen molar-refractivity contribution in [3.8, 4) is 0 Å². The Kier molecular flexibility index (Phi) is 5.89. The van der Waals surface area contributed by atoms with Crippen LogP contribution >= 0.6 is 0 Å². The Balaban J connectivity index is 2.41. The lowest BCUT2D eigenvalue weighted by Gasteiger charge is -2.33. The van der Waals surface area contributed by atoms with Gasteiger partial charge >= 0.3 is 0 Å². The fraction of sp³-hybridized carbons (Fsp3) is 1.00. The second kappa shape index (κ2) is 6.71. The van der Waals surface area contributed by atoms with Crippen molar-refractivity contribution in [1.82, 2.24) is 9.62 Å². The molecule has 0 bridgehead atoms. The van der Waals surface area contributed by atoms with Gasteiger partial charge in [-0.15, -0.1) is 0 Å². The van der Waals surface area contributed by atoms with Crippen molar-refractivity contribution in [3.63, 3.8) is 0 Å². The van der Waals surface area contributed by atoms with Gasteiger partial charge in [-0.3, -0.25) is 0 Å². The Labute approximate surface area is 106 Å². The maximum Gasteiger partial charge on any atom is 0.214 e. The normalized spacial score (nSPS) is 20.0. The topological polar surface area (TPSA) is 49.4 Å². The van der Waals surface area contributed by atoms with E-state index in [0.717, 1.165) is 19.4 Å². The number of nitrogens with zero attached hydrogens (tertiary/aromatic N) is 1. The van der Waals surface area contributed by atoms with Crippen LogP contribution in [-0.2, 0) is 10.0 Å². The van der Waals surface area contributed by atoms with Gasteiger partial charge < -0.3 is 5.32 Å². The highest BCUT2D eigenvalue weighted by Gasteiger charge is 2.28. The quantitative estimate of drug-likeness (QED) is 0.734. The molecule has 1 fully saturated rings. The van der Waals surface area contributed by atoms with Gasteiger partial charge in [0.15, 0.2) is 0 Å². The van der Waals surface area contributed by atoms with Crippen LogP contribution in [0.25, 0.3) is 0 Å². The molecule has 0 aromatic carbocycles. The zero-order valence-corrected chi connectivity index (χ0v) is 12.1. The molecular weight excluding hydrogens is 236 g/mol. The largest absolute Gasteiger partial charge is 0.320 e.